The largest absolute Gasteiger partial charge is 0.497 e. The van der Waals surface area contributed by atoms with Gasteiger partial charge in [-0.3, -0.25) is 5.10 Å². The van der Waals surface area contributed by atoms with E-state index in [9.17, 15) is 0 Å². The highest BCUT2D eigenvalue weighted by Crippen LogP contribution is 2.22. The fourth-order valence-electron chi connectivity index (χ4n) is 2.29. The number of halogens is 1. The Morgan fingerprint density at radius 2 is 2.08 bits per heavy atom. The summed E-state index contributed by atoms with van der Waals surface area (Å²) in [5.74, 6) is 2.24. The molecule has 7 nitrogen and oxygen atoms in total. The second-order valence-electron chi connectivity index (χ2n) is 5.20. The first-order valence-electron chi connectivity index (χ1n) is 7.35. The van der Waals surface area contributed by atoms with Crippen molar-refractivity contribution < 1.29 is 4.74 Å². The molecule has 24 heavy (non-hydrogen) atoms. The Morgan fingerprint density at radius 3 is 2.88 bits per heavy atom. The smallest absolute Gasteiger partial charge is 0.221 e. The number of benzene rings is 1. The van der Waals surface area contributed by atoms with Gasteiger partial charge in [0.25, 0.3) is 0 Å². The molecule has 0 radical (unpaired) electrons. The maximum absolute atomic E-state index is 6.09. The summed E-state index contributed by atoms with van der Waals surface area (Å²) in [4.78, 5) is 7.92. The Balaban J connectivity index is 1.63. The molecule has 0 saturated carbocycles. The summed E-state index contributed by atoms with van der Waals surface area (Å²) < 4.78 is 5.23. The zero-order chi connectivity index (χ0) is 16.9. The monoisotopic (exact) mass is 344 g/mol. The van der Waals surface area contributed by atoms with E-state index in [2.05, 4.69) is 25.5 Å². The molecule has 4 N–H and O–H groups in total. The number of nitrogens with two attached hydrogens (primary N) is 1. The minimum atomic E-state index is 0.214. The second-order valence-corrected chi connectivity index (χ2v) is 5.64. The molecule has 0 fully saturated rings. The van der Waals surface area contributed by atoms with Gasteiger partial charge in [0, 0.05) is 23.0 Å². The number of ether oxygens (including phenoxy) is 1. The average Bonchev–Trinajstić information content (AvgIpc) is 3.00. The highest BCUT2D eigenvalue weighted by Gasteiger charge is 2.05. The van der Waals surface area contributed by atoms with Crippen LogP contribution in [0.3, 0.4) is 0 Å². The second kappa shape index (κ2) is 7.18. The zero-order valence-electron chi connectivity index (χ0n) is 13.1. The number of aromatic amines is 1. The highest BCUT2D eigenvalue weighted by molar-refractivity contribution is 6.30. The molecule has 3 aromatic rings. The number of hydrogen-bond acceptors (Lipinski definition) is 6. The number of aromatic nitrogens is 4. The molecule has 124 valence electrons. The van der Waals surface area contributed by atoms with Crippen LogP contribution in [0.4, 0.5) is 17.6 Å². The summed E-state index contributed by atoms with van der Waals surface area (Å²) >= 11 is 6.09. The van der Waals surface area contributed by atoms with E-state index in [0.29, 0.717) is 16.7 Å². The molecule has 0 aliphatic carbocycles. The van der Waals surface area contributed by atoms with Gasteiger partial charge >= 0.3 is 0 Å². The number of rotatable bonds is 6. The molecule has 0 saturated heterocycles. The average molecular weight is 345 g/mol. The lowest BCUT2D eigenvalue weighted by Gasteiger charge is -2.05. The molecule has 3 rings (SSSR count). The Labute approximate surface area is 144 Å². The van der Waals surface area contributed by atoms with Crippen LogP contribution in [-0.2, 0) is 12.8 Å². The molecule has 1 aromatic carbocycles. The van der Waals surface area contributed by atoms with Crippen LogP contribution >= 0.6 is 11.6 Å². The normalized spacial score (nSPS) is 10.6. The third-order valence-electron chi connectivity index (χ3n) is 3.41. The van der Waals surface area contributed by atoms with E-state index in [0.717, 1.165) is 29.8 Å². The van der Waals surface area contributed by atoms with Gasteiger partial charge < -0.3 is 15.8 Å². The van der Waals surface area contributed by atoms with Crippen LogP contribution in [0.1, 0.15) is 11.3 Å². The van der Waals surface area contributed by atoms with Crippen molar-refractivity contribution in [3.05, 3.63) is 52.8 Å². The minimum absolute atomic E-state index is 0.214. The van der Waals surface area contributed by atoms with E-state index in [1.54, 1.807) is 25.4 Å². The van der Waals surface area contributed by atoms with E-state index in [1.807, 2.05) is 18.2 Å². The summed E-state index contributed by atoms with van der Waals surface area (Å²) in [6.45, 7) is 0. The summed E-state index contributed by atoms with van der Waals surface area (Å²) in [5.41, 5.74) is 7.66. The molecule has 0 aliphatic rings. The summed E-state index contributed by atoms with van der Waals surface area (Å²) in [5, 5.41) is 11.0. The number of H-pyrrole nitrogens is 1. The number of nitrogens with one attached hydrogen (secondary N) is 2. The Bertz CT molecular complexity index is 835. The maximum Gasteiger partial charge on any atom is 0.221 e. The minimum Gasteiger partial charge on any atom is -0.497 e. The maximum atomic E-state index is 6.09. The molecular weight excluding hydrogens is 328 g/mol. The Morgan fingerprint density at radius 1 is 1.21 bits per heavy atom. The predicted molar refractivity (Wildman–Crippen MR) is 93.7 cm³/mol. The van der Waals surface area contributed by atoms with E-state index >= 15 is 0 Å². The lowest BCUT2D eigenvalue weighted by Crippen LogP contribution is -1.99. The van der Waals surface area contributed by atoms with Crippen molar-refractivity contribution in [1.29, 1.82) is 0 Å². The van der Waals surface area contributed by atoms with Gasteiger partial charge in [0.15, 0.2) is 5.82 Å². The summed E-state index contributed by atoms with van der Waals surface area (Å²) in [6.07, 6.45) is 3.20. The van der Waals surface area contributed by atoms with Crippen molar-refractivity contribution >= 4 is 29.2 Å². The van der Waals surface area contributed by atoms with Crippen LogP contribution in [0, 0.1) is 0 Å². The molecule has 2 heterocycles. The van der Waals surface area contributed by atoms with Gasteiger partial charge in [0.1, 0.15) is 11.6 Å². The van der Waals surface area contributed by atoms with E-state index < -0.39 is 0 Å². The van der Waals surface area contributed by atoms with Crippen molar-refractivity contribution in [2.75, 3.05) is 18.2 Å². The topological polar surface area (TPSA) is 102 Å². The quantitative estimate of drug-likeness (QED) is 0.635. The van der Waals surface area contributed by atoms with Crippen LogP contribution in [-0.4, -0.2) is 27.3 Å². The Kier molecular flexibility index (Phi) is 4.81. The third-order valence-corrected chi connectivity index (χ3v) is 3.63. The lowest BCUT2D eigenvalue weighted by atomic mass is 10.1. The molecule has 2 aromatic heterocycles. The van der Waals surface area contributed by atoms with Crippen molar-refractivity contribution in [3.8, 4) is 5.75 Å². The van der Waals surface area contributed by atoms with Gasteiger partial charge in [-0.25, -0.2) is 4.98 Å². The predicted octanol–water partition coefficient (Wildman–Crippen LogP) is 2.97. The van der Waals surface area contributed by atoms with E-state index in [1.165, 1.54) is 0 Å². The van der Waals surface area contributed by atoms with Crippen molar-refractivity contribution in [2.24, 2.45) is 0 Å². The lowest BCUT2D eigenvalue weighted by molar-refractivity contribution is 0.414. The van der Waals surface area contributed by atoms with E-state index in [-0.39, 0.29) is 5.95 Å². The van der Waals surface area contributed by atoms with Gasteiger partial charge in [0.05, 0.1) is 7.11 Å². The van der Waals surface area contributed by atoms with Crippen molar-refractivity contribution in [1.82, 2.24) is 20.2 Å². The summed E-state index contributed by atoms with van der Waals surface area (Å²) in [6, 6.07) is 9.36. The number of hydrogen-bond donors (Lipinski definition) is 3. The number of anilines is 3. The van der Waals surface area contributed by atoms with Gasteiger partial charge in [-0.2, -0.15) is 10.1 Å². The molecule has 0 atom stereocenters. The SMILES string of the molecule is COc1cc(Cl)cc(CCc2cc(Nc3ccnc(N)n3)n[nH]2)c1. The standard InChI is InChI=1S/C16H17ClN6O/c1-24-13-7-10(6-11(17)8-13)2-3-12-9-15(23-22-12)20-14-4-5-19-16(18)21-14/h4-9H,2-3H2,1H3,(H4,18,19,20,21,22,23). The van der Waals surface area contributed by atoms with Gasteiger partial charge in [0.2, 0.25) is 5.95 Å². The van der Waals surface area contributed by atoms with Gasteiger partial charge in [-0.05, 0) is 42.7 Å². The molecule has 8 heteroatoms. The number of methoxy groups -OCH3 is 1. The third kappa shape index (κ3) is 4.14. The molecule has 0 unspecified atom stereocenters. The fraction of sp³-hybridized carbons (Fsp3) is 0.188. The molecular formula is C16H17ClN6O. The fourth-order valence-corrected chi connectivity index (χ4v) is 2.54. The van der Waals surface area contributed by atoms with Crippen LogP contribution in [0.2, 0.25) is 5.02 Å². The number of nitrogen functional groups attached to an aromatic ring is 1. The number of aryl methyl sites for hydroxylation is 2. The summed E-state index contributed by atoms with van der Waals surface area (Å²) in [7, 11) is 1.63. The van der Waals surface area contributed by atoms with Gasteiger partial charge in [-0.15, -0.1) is 0 Å². The van der Waals surface area contributed by atoms with Crippen LogP contribution in [0.15, 0.2) is 36.5 Å². The Hall–Kier alpha value is -2.80. The first-order valence-corrected chi connectivity index (χ1v) is 7.73. The highest BCUT2D eigenvalue weighted by atomic mass is 35.5. The molecule has 0 bridgehead atoms. The first kappa shape index (κ1) is 16.1. The number of nitrogens with zero attached hydrogens (tertiary/aromatic N) is 3. The molecule has 0 aliphatic heterocycles. The zero-order valence-corrected chi connectivity index (χ0v) is 13.8. The first-order chi connectivity index (χ1) is 11.6. The molecule has 0 amide bonds. The van der Waals surface area contributed by atoms with Crippen LogP contribution in [0.5, 0.6) is 5.75 Å². The molecule has 0 spiro atoms. The van der Waals surface area contributed by atoms with Crippen molar-refractivity contribution in [2.45, 2.75) is 12.8 Å². The van der Waals surface area contributed by atoms with E-state index in [4.69, 9.17) is 22.1 Å². The van der Waals surface area contributed by atoms with Crippen molar-refractivity contribution in [3.63, 3.8) is 0 Å². The van der Waals surface area contributed by atoms with Crippen LogP contribution < -0.4 is 15.8 Å². The van der Waals surface area contributed by atoms with Gasteiger partial charge in [-0.1, -0.05) is 11.6 Å². The van der Waals surface area contributed by atoms with Crippen LogP contribution in [0.25, 0.3) is 0 Å².